The molecule has 5 rings (SSSR count). The van der Waals surface area contributed by atoms with Crippen LogP contribution >= 0.6 is 0 Å². The number of ether oxygens (including phenoxy) is 1. The van der Waals surface area contributed by atoms with Crippen LogP contribution in [0.1, 0.15) is 46.0 Å². The molecule has 3 fully saturated rings. The Morgan fingerprint density at radius 3 is 2.66 bits per heavy atom. The van der Waals surface area contributed by atoms with Crippen LogP contribution in [0.15, 0.2) is 11.6 Å². The van der Waals surface area contributed by atoms with Gasteiger partial charge in [-0.15, -0.1) is 0 Å². The number of hydrogen-bond donors (Lipinski definition) is 2. The third kappa shape index (κ3) is 5.06. The van der Waals surface area contributed by atoms with Gasteiger partial charge in [-0.1, -0.05) is 19.9 Å². The number of fused-ring (bicyclic) bond motifs is 1. The number of rotatable bonds is 8. The van der Waals surface area contributed by atoms with Gasteiger partial charge in [0, 0.05) is 18.6 Å². The number of β-amino-alcohol motifs (C(OH)–C–C–N with tert-alkyl or cyclic N) is 1. The Labute approximate surface area is 176 Å². The Kier molecular flexibility index (Phi) is 6.43. The molecule has 0 aromatic heterocycles. The maximum absolute atomic E-state index is 11.6. The third-order valence-corrected chi connectivity index (χ3v) is 9.69. The number of sulfone groups is 1. The zero-order valence-electron chi connectivity index (χ0n) is 18.0. The molecule has 2 aliphatic heterocycles. The van der Waals surface area contributed by atoms with Gasteiger partial charge >= 0.3 is 0 Å². The summed E-state index contributed by atoms with van der Waals surface area (Å²) in [6.07, 6.45) is 7.16. The lowest BCUT2D eigenvalue weighted by atomic mass is 9.49. The number of nitrogens with zero attached hydrogens (tertiary/aromatic N) is 1. The summed E-state index contributed by atoms with van der Waals surface area (Å²) in [5.41, 5.74) is 1.86. The van der Waals surface area contributed by atoms with Crippen LogP contribution in [0.4, 0.5) is 0 Å². The summed E-state index contributed by atoms with van der Waals surface area (Å²) in [4.78, 5) is 2.30. The van der Waals surface area contributed by atoms with E-state index in [4.69, 9.17) is 4.74 Å². The van der Waals surface area contributed by atoms with E-state index >= 15 is 0 Å². The second-order valence-corrected chi connectivity index (χ2v) is 12.6. The molecular weight excluding hydrogens is 388 g/mol. The molecule has 2 bridgehead atoms. The molecule has 0 aromatic carbocycles. The lowest BCUT2D eigenvalue weighted by Gasteiger charge is -2.56. The molecule has 2 heterocycles. The molecule has 29 heavy (non-hydrogen) atoms. The van der Waals surface area contributed by atoms with Crippen LogP contribution in [0, 0.1) is 17.3 Å². The molecule has 0 radical (unpaired) electrons. The molecule has 2 N–H and O–H groups in total. The van der Waals surface area contributed by atoms with Crippen molar-refractivity contribution in [1.82, 2.24) is 10.2 Å². The molecule has 0 unspecified atom stereocenters. The molecule has 5 aliphatic rings. The highest BCUT2D eigenvalue weighted by Crippen LogP contribution is 2.59. The Bertz CT molecular complexity index is 712. The topological polar surface area (TPSA) is 78.9 Å². The highest BCUT2D eigenvalue weighted by Gasteiger charge is 2.50. The van der Waals surface area contributed by atoms with Gasteiger partial charge in [-0.05, 0) is 68.0 Å². The van der Waals surface area contributed by atoms with Crippen molar-refractivity contribution in [3.8, 4) is 0 Å². The Balaban J connectivity index is 1.11. The summed E-state index contributed by atoms with van der Waals surface area (Å²) < 4.78 is 29.1. The van der Waals surface area contributed by atoms with Crippen molar-refractivity contribution in [2.24, 2.45) is 17.3 Å². The molecule has 6 nitrogen and oxygen atoms in total. The first-order valence-corrected chi connectivity index (χ1v) is 13.2. The van der Waals surface area contributed by atoms with Gasteiger partial charge in [-0.3, -0.25) is 0 Å². The van der Waals surface area contributed by atoms with Gasteiger partial charge in [0.15, 0.2) is 9.84 Å². The van der Waals surface area contributed by atoms with Crippen LogP contribution in [-0.4, -0.2) is 81.0 Å². The van der Waals surface area contributed by atoms with E-state index in [0.717, 1.165) is 38.3 Å². The number of piperidine rings is 1. The minimum absolute atomic E-state index is 0.126. The van der Waals surface area contributed by atoms with E-state index in [0.29, 0.717) is 48.6 Å². The van der Waals surface area contributed by atoms with E-state index in [1.807, 2.05) is 0 Å². The number of aliphatic hydroxyl groups excluding tert-OH is 1. The first kappa shape index (κ1) is 21.8. The first-order valence-electron chi connectivity index (χ1n) is 11.4. The fraction of sp³-hybridized carbons (Fsp3) is 0.909. The van der Waals surface area contributed by atoms with Gasteiger partial charge in [0.1, 0.15) is 0 Å². The van der Waals surface area contributed by atoms with Crippen molar-refractivity contribution in [1.29, 1.82) is 0 Å². The van der Waals surface area contributed by atoms with Crippen molar-refractivity contribution in [3.63, 3.8) is 0 Å². The molecule has 4 atom stereocenters. The number of aliphatic hydroxyl groups is 1. The minimum Gasteiger partial charge on any atom is -0.389 e. The van der Waals surface area contributed by atoms with Crippen LogP contribution in [0.25, 0.3) is 0 Å². The van der Waals surface area contributed by atoms with Gasteiger partial charge in [-0.25, -0.2) is 8.42 Å². The summed E-state index contributed by atoms with van der Waals surface area (Å²) >= 11 is 0. The summed E-state index contributed by atoms with van der Waals surface area (Å²) in [5, 5.41) is 13.9. The molecule has 0 aromatic rings. The van der Waals surface area contributed by atoms with E-state index in [1.165, 1.54) is 18.4 Å². The van der Waals surface area contributed by atoms with E-state index in [1.54, 1.807) is 0 Å². The fourth-order valence-electron chi connectivity index (χ4n) is 5.85. The number of nitrogens with one attached hydrogen (secondary N) is 1. The zero-order valence-corrected chi connectivity index (χ0v) is 18.8. The molecule has 0 spiro atoms. The average molecular weight is 427 g/mol. The highest BCUT2D eigenvalue weighted by atomic mass is 32.2. The average Bonchev–Trinajstić information content (AvgIpc) is 3.01. The van der Waals surface area contributed by atoms with Gasteiger partial charge in [0.05, 0.1) is 30.8 Å². The molecule has 2 saturated heterocycles. The smallest absolute Gasteiger partial charge is 0.151 e. The summed E-state index contributed by atoms with van der Waals surface area (Å²) in [7, 11) is -2.82. The normalized spacial score (nSPS) is 35.1. The zero-order chi connectivity index (χ0) is 20.6. The number of allylic oxidation sites excluding steroid dienone is 1. The molecule has 7 heteroatoms. The van der Waals surface area contributed by atoms with Crippen LogP contribution < -0.4 is 5.32 Å². The Morgan fingerprint density at radius 1 is 1.28 bits per heavy atom. The second kappa shape index (κ2) is 8.58. The van der Waals surface area contributed by atoms with Crippen molar-refractivity contribution in [2.45, 2.75) is 64.1 Å². The maximum Gasteiger partial charge on any atom is 0.151 e. The monoisotopic (exact) mass is 426 g/mol. The van der Waals surface area contributed by atoms with E-state index < -0.39 is 15.9 Å². The highest BCUT2D eigenvalue weighted by molar-refractivity contribution is 7.91. The third-order valence-electron chi connectivity index (χ3n) is 7.92. The lowest BCUT2D eigenvalue weighted by molar-refractivity contribution is -0.0268. The van der Waals surface area contributed by atoms with E-state index in [-0.39, 0.29) is 6.04 Å². The molecule has 166 valence electrons. The molecule has 0 amide bonds. The summed E-state index contributed by atoms with van der Waals surface area (Å²) in [5.74, 6) is 2.13. The van der Waals surface area contributed by atoms with Crippen molar-refractivity contribution in [2.75, 3.05) is 44.4 Å². The standard InChI is InChI=1S/C22H38N2O4S/c1-22(2)17-4-3-16(21(22)11-17)13-28-14-20(25)12-24-8-5-18(6-9-24)23-19-7-10-29(26,27)15-19/h3,17-21,23,25H,4-15H2,1-2H3/t17-,19+,20-,21+/m0/s1. The summed E-state index contributed by atoms with van der Waals surface area (Å²) in [6, 6.07) is 0.520. The van der Waals surface area contributed by atoms with Gasteiger partial charge < -0.3 is 20.1 Å². The number of hydrogen-bond acceptors (Lipinski definition) is 6. The molecule has 3 aliphatic carbocycles. The van der Waals surface area contributed by atoms with Crippen molar-refractivity contribution in [3.05, 3.63) is 11.6 Å². The summed E-state index contributed by atoms with van der Waals surface area (Å²) in [6.45, 7) is 8.34. The van der Waals surface area contributed by atoms with Crippen LogP contribution in [0.5, 0.6) is 0 Å². The van der Waals surface area contributed by atoms with Crippen molar-refractivity contribution < 1.29 is 18.3 Å². The number of likely N-dealkylation sites (tertiary alicyclic amines) is 1. The van der Waals surface area contributed by atoms with Crippen LogP contribution in [0.2, 0.25) is 0 Å². The van der Waals surface area contributed by atoms with E-state index in [9.17, 15) is 13.5 Å². The van der Waals surface area contributed by atoms with E-state index in [2.05, 4.69) is 30.1 Å². The van der Waals surface area contributed by atoms with Crippen LogP contribution in [0.3, 0.4) is 0 Å². The predicted octanol–water partition coefficient (Wildman–Crippen LogP) is 1.60. The van der Waals surface area contributed by atoms with Crippen molar-refractivity contribution >= 4 is 9.84 Å². The second-order valence-electron chi connectivity index (χ2n) is 10.3. The Hall–Kier alpha value is -0.470. The SMILES string of the molecule is CC1(C)[C@H]2CC=C(COC[C@@H](O)CN3CCC(N[C@@H]4CCS(=O)(=O)C4)CC3)[C@H]1C2. The van der Waals surface area contributed by atoms with Gasteiger partial charge in [0.25, 0.3) is 0 Å². The fourth-order valence-corrected chi connectivity index (χ4v) is 7.53. The maximum atomic E-state index is 11.6. The van der Waals surface area contributed by atoms with Gasteiger partial charge in [0.2, 0.25) is 0 Å². The first-order chi connectivity index (χ1) is 13.7. The predicted molar refractivity (Wildman–Crippen MR) is 115 cm³/mol. The molecule has 1 saturated carbocycles. The van der Waals surface area contributed by atoms with Crippen LogP contribution in [-0.2, 0) is 14.6 Å². The Morgan fingerprint density at radius 2 is 2.03 bits per heavy atom. The molecular formula is C22H38N2O4S. The van der Waals surface area contributed by atoms with Gasteiger partial charge in [-0.2, -0.15) is 0 Å². The minimum atomic E-state index is -2.82. The largest absolute Gasteiger partial charge is 0.389 e. The quantitative estimate of drug-likeness (QED) is 0.574. The lowest BCUT2D eigenvalue weighted by Crippen LogP contribution is -2.49.